The predicted octanol–water partition coefficient (Wildman–Crippen LogP) is 2.24. The molecule has 0 atom stereocenters. The summed E-state index contributed by atoms with van der Waals surface area (Å²) in [6.45, 7) is 2.91. The van der Waals surface area contributed by atoms with E-state index in [1.807, 2.05) is 0 Å². The second kappa shape index (κ2) is 3.33. The highest BCUT2D eigenvalue weighted by atomic mass is 35.5. The van der Waals surface area contributed by atoms with E-state index >= 15 is 0 Å². The minimum Gasteiger partial charge on any atom is -0.276 e. The van der Waals surface area contributed by atoms with Crippen LogP contribution in [0.3, 0.4) is 0 Å². The Morgan fingerprint density at radius 3 is 2.53 bits per heavy atom. The van der Waals surface area contributed by atoms with Gasteiger partial charge in [0.2, 0.25) is 10.0 Å². The van der Waals surface area contributed by atoms with E-state index in [1.54, 1.807) is 0 Å². The van der Waals surface area contributed by atoms with Crippen molar-refractivity contribution in [3.63, 3.8) is 0 Å². The molecule has 0 bridgehead atoms. The van der Waals surface area contributed by atoms with Crippen molar-refractivity contribution in [3.8, 4) is 0 Å². The summed E-state index contributed by atoms with van der Waals surface area (Å²) in [6.07, 6.45) is 0. The van der Waals surface area contributed by atoms with Gasteiger partial charge in [0, 0.05) is 16.7 Å². The summed E-state index contributed by atoms with van der Waals surface area (Å²) in [4.78, 5) is 10.2. The first-order valence-corrected chi connectivity index (χ1v) is 6.54. The molecule has 6 nitrogen and oxygen atoms in total. The predicted molar refractivity (Wildman–Crippen MR) is 63.7 cm³/mol. The number of anilines is 1. The minimum absolute atomic E-state index is 0.0347. The molecule has 1 aromatic rings. The maximum atomic E-state index is 11.9. The van der Waals surface area contributed by atoms with Gasteiger partial charge < -0.3 is 0 Å². The highest BCUT2D eigenvalue weighted by Gasteiger charge is 2.48. The van der Waals surface area contributed by atoms with Gasteiger partial charge in [-0.3, -0.25) is 14.8 Å². The number of fused-ring (bicyclic) bond motifs is 1. The van der Waals surface area contributed by atoms with E-state index in [9.17, 15) is 18.5 Å². The normalized spacial score (nSPS) is 19.5. The van der Waals surface area contributed by atoms with Gasteiger partial charge in [-0.15, -0.1) is 0 Å². The summed E-state index contributed by atoms with van der Waals surface area (Å²) in [5.74, 6) is 0. The molecule has 92 valence electrons. The molecule has 0 radical (unpaired) electrons. The van der Waals surface area contributed by atoms with Crippen LogP contribution >= 0.6 is 11.6 Å². The van der Waals surface area contributed by atoms with Crippen LogP contribution in [0, 0.1) is 10.1 Å². The number of nitro groups is 1. The first-order chi connectivity index (χ1) is 7.68. The molecular weight excluding hydrogens is 268 g/mol. The van der Waals surface area contributed by atoms with E-state index in [-0.39, 0.29) is 22.0 Å². The quantitative estimate of drug-likeness (QED) is 0.629. The summed E-state index contributed by atoms with van der Waals surface area (Å²) < 4.78 is 24.7. The summed E-state index contributed by atoms with van der Waals surface area (Å²) in [5.41, 5.74) is -0.0839. The van der Waals surface area contributed by atoms with Crippen LogP contribution in [0.2, 0.25) is 5.02 Å². The fraction of sp³-hybridized carbons (Fsp3) is 0.333. The van der Waals surface area contributed by atoms with Crippen molar-refractivity contribution >= 4 is 33.0 Å². The summed E-state index contributed by atoms with van der Waals surface area (Å²) in [6, 6.07) is 2.52. The molecule has 0 spiro atoms. The van der Waals surface area contributed by atoms with Crippen molar-refractivity contribution in [2.24, 2.45) is 0 Å². The fourth-order valence-electron chi connectivity index (χ4n) is 1.81. The lowest BCUT2D eigenvalue weighted by Gasteiger charge is -2.17. The Morgan fingerprint density at radius 2 is 2.00 bits per heavy atom. The van der Waals surface area contributed by atoms with E-state index < -0.39 is 19.7 Å². The van der Waals surface area contributed by atoms with Gasteiger partial charge in [0.25, 0.3) is 5.69 Å². The van der Waals surface area contributed by atoms with Gasteiger partial charge in [-0.05, 0) is 19.9 Å². The summed E-state index contributed by atoms with van der Waals surface area (Å²) >= 11 is 5.93. The molecule has 1 heterocycles. The van der Waals surface area contributed by atoms with Crippen LogP contribution in [-0.2, 0) is 14.8 Å². The lowest BCUT2D eigenvalue weighted by atomic mass is 9.99. The van der Waals surface area contributed by atoms with Crippen LogP contribution < -0.4 is 4.72 Å². The number of nitrogens with one attached hydrogen (secondary N) is 1. The van der Waals surface area contributed by atoms with Gasteiger partial charge in [0.15, 0.2) is 0 Å². The van der Waals surface area contributed by atoms with Crippen LogP contribution in [0.1, 0.15) is 19.4 Å². The number of rotatable bonds is 1. The maximum absolute atomic E-state index is 11.9. The number of nitro benzene ring substituents is 1. The zero-order valence-corrected chi connectivity index (χ0v) is 10.6. The molecule has 0 amide bonds. The molecule has 8 heteroatoms. The van der Waals surface area contributed by atoms with Crippen LogP contribution in [0.15, 0.2) is 12.1 Å². The molecule has 0 aromatic heterocycles. The van der Waals surface area contributed by atoms with Crippen LogP contribution in [0.25, 0.3) is 0 Å². The SMILES string of the molecule is CC1(C)c2c(Cl)ccc([N+](=O)[O-])c2NS1(=O)=O. The Hall–Kier alpha value is -1.34. The standard InChI is InChI=1S/C9H9ClN2O4S/c1-9(2)7-5(10)3-4-6(12(13)14)8(7)11-17(9,15)16/h3-4,11H,1-2H3. The molecule has 1 aliphatic rings. The summed E-state index contributed by atoms with van der Waals surface area (Å²) in [5, 5.41) is 11.0. The number of sulfonamides is 1. The molecule has 1 aliphatic heterocycles. The molecule has 0 aliphatic carbocycles. The fourth-order valence-corrected chi connectivity index (χ4v) is 3.47. The number of hydrogen-bond acceptors (Lipinski definition) is 4. The number of halogens is 1. The third kappa shape index (κ3) is 1.49. The monoisotopic (exact) mass is 276 g/mol. The molecular formula is C9H9ClN2O4S. The lowest BCUT2D eigenvalue weighted by molar-refractivity contribution is -0.383. The van der Waals surface area contributed by atoms with Crippen molar-refractivity contribution < 1.29 is 13.3 Å². The van der Waals surface area contributed by atoms with Gasteiger partial charge in [-0.1, -0.05) is 11.6 Å². The molecule has 0 unspecified atom stereocenters. The first-order valence-electron chi connectivity index (χ1n) is 4.68. The number of benzene rings is 1. The van der Waals surface area contributed by atoms with Gasteiger partial charge in [-0.2, -0.15) is 0 Å². The van der Waals surface area contributed by atoms with Crippen molar-refractivity contribution in [2.45, 2.75) is 18.6 Å². The zero-order valence-electron chi connectivity index (χ0n) is 9.02. The van der Waals surface area contributed by atoms with E-state index in [1.165, 1.54) is 26.0 Å². The van der Waals surface area contributed by atoms with Gasteiger partial charge in [-0.25, -0.2) is 8.42 Å². The average Bonchev–Trinajstić information content (AvgIpc) is 2.33. The maximum Gasteiger partial charge on any atom is 0.293 e. The Balaban J connectivity index is 2.86. The van der Waals surface area contributed by atoms with Crippen molar-refractivity contribution in [2.75, 3.05) is 4.72 Å². The number of hydrogen-bond donors (Lipinski definition) is 1. The van der Waals surface area contributed by atoms with E-state index in [0.717, 1.165) is 0 Å². The Labute approximate surface area is 103 Å². The second-order valence-electron chi connectivity index (χ2n) is 4.19. The molecule has 0 saturated heterocycles. The van der Waals surface area contributed by atoms with E-state index in [4.69, 9.17) is 11.6 Å². The molecule has 17 heavy (non-hydrogen) atoms. The summed E-state index contributed by atoms with van der Waals surface area (Å²) in [7, 11) is -3.70. The largest absolute Gasteiger partial charge is 0.293 e. The van der Waals surface area contributed by atoms with E-state index in [0.29, 0.717) is 0 Å². The number of nitrogens with zero attached hydrogens (tertiary/aromatic N) is 1. The molecule has 2 rings (SSSR count). The molecule has 0 saturated carbocycles. The third-order valence-corrected chi connectivity index (χ3v) is 5.18. The minimum atomic E-state index is -3.70. The van der Waals surface area contributed by atoms with Crippen LogP contribution in [0.5, 0.6) is 0 Å². The first kappa shape index (κ1) is 12.1. The third-order valence-electron chi connectivity index (χ3n) is 2.84. The van der Waals surface area contributed by atoms with Gasteiger partial charge in [0.05, 0.1) is 4.92 Å². The molecule has 1 N–H and O–H groups in total. The van der Waals surface area contributed by atoms with Crippen molar-refractivity contribution in [1.82, 2.24) is 0 Å². The van der Waals surface area contributed by atoms with Crippen LogP contribution in [-0.4, -0.2) is 13.3 Å². The second-order valence-corrected chi connectivity index (χ2v) is 6.83. The molecule has 0 fully saturated rings. The topological polar surface area (TPSA) is 89.3 Å². The smallest absolute Gasteiger partial charge is 0.276 e. The highest BCUT2D eigenvalue weighted by molar-refractivity contribution is 7.94. The van der Waals surface area contributed by atoms with Gasteiger partial charge >= 0.3 is 0 Å². The van der Waals surface area contributed by atoms with Crippen molar-refractivity contribution in [3.05, 3.63) is 32.8 Å². The molecule has 1 aromatic carbocycles. The van der Waals surface area contributed by atoms with E-state index in [2.05, 4.69) is 4.72 Å². The van der Waals surface area contributed by atoms with Gasteiger partial charge in [0.1, 0.15) is 10.4 Å². The Bertz CT molecular complexity index is 624. The van der Waals surface area contributed by atoms with Crippen LogP contribution in [0.4, 0.5) is 11.4 Å². The average molecular weight is 277 g/mol. The van der Waals surface area contributed by atoms with Crippen molar-refractivity contribution in [1.29, 1.82) is 0 Å². The highest BCUT2D eigenvalue weighted by Crippen LogP contribution is 2.49. The zero-order chi connectivity index (χ0) is 13.0. The Kier molecular flexibility index (Phi) is 2.38. The lowest BCUT2D eigenvalue weighted by Crippen LogP contribution is -2.27. The Morgan fingerprint density at radius 1 is 1.41 bits per heavy atom.